The quantitative estimate of drug-likeness (QED) is 0.458. The van der Waals surface area contributed by atoms with Crippen LogP contribution in [0, 0.1) is 0 Å². The molecule has 0 heterocycles. The van der Waals surface area contributed by atoms with Crippen LogP contribution in [0.5, 0.6) is 0 Å². The Morgan fingerprint density at radius 2 is 2.00 bits per heavy atom. The molecule has 0 spiro atoms. The lowest BCUT2D eigenvalue weighted by molar-refractivity contribution is -0.124. The van der Waals surface area contributed by atoms with Crippen LogP contribution in [0.3, 0.4) is 0 Å². The SMILES string of the molecule is N[C@H](CO)C(=O)NC1CCC(O)CC1. The molecular formula is C9H18N2O3. The van der Waals surface area contributed by atoms with Crippen molar-refractivity contribution in [1.29, 1.82) is 0 Å². The van der Waals surface area contributed by atoms with Crippen LogP contribution < -0.4 is 11.1 Å². The van der Waals surface area contributed by atoms with E-state index in [9.17, 15) is 9.90 Å². The number of carbonyl (C=O) groups is 1. The summed E-state index contributed by atoms with van der Waals surface area (Å²) in [6, 6.07) is -0.731. The number of rotatable bonds is 3. The molecule has 0 aromatic carbocycles. The van der Waals surface area contributed by atoms with Gasteiger partial charge in [-0.25, -0.2) is 0 Å². The van der Waals surface area contributed by atoms with Gasteiger partial charge in [0.1, 0.15) is 6.04 Å². The van der Waals surface area contributed by atoms with Gasteiger partial charge in [-0.2, -0.15) is 0 Å². The maximum atomic E-state index is 11.3. The van der Waals surface area contributed by atoms with E-state index in [2.05, 4.69) is 5.32 Å². The predicted octanol–water partition coefficient (Wildman–Crippen LogP) is -1.27. The fourth-order valence-corrected chi connectivity index (χ4v) is 1.61. The first-order valence-corrected chi connectivity index (χ1v) is 4.98. The summed E-state index contributed by atoms with van der Waals surface area (Å²) >= 11 is 0. The molecule has 5 N–H and O–H groups in total. The highest BCUT2D eigenvalue weighted by Gasteiger charge is 2.22. The Balaban J connectivity index is 2.27. The fourth-order valence-electron chi connectivity index (χ4n) is 1.61. The molecule has 1 amide bonds. The van der Waals surface area contributed by atoms with Crippen LogP contribution in [0.15, 0.2) is 0 Å². The second kappa shape index (κ2) is 5.29. The third-order valence-corrected chi connectivity index (χ3v) is 2.58. The van der Waals surface area contributed by atoms with E-state index >= 15 is 0 Å². The molecular weight excluding hydrogens is 184 g/mol. The average Bonchev–Trinajstić information content (AvgIpc) is 2.20. The van der Waals surface area contributed by atoms with Gasteiger partial charge in [-0.1, -0.05) is 0 Å². The van der Waals surface area contributed by atoms with E-state index in [4.69, 9.17) is 10.8 Å². The third-order valence-electron chi connectivity index (χ3n) is 2.58. The van der Waals surface area contributed by atoms with Crippen LogP contribution in [0.1, 0.15) is 25.7 Å². The van der Waals surface area contributed by atoms with Crippen LogP contribution in [0.25, 0.3) is 0 Å². The molecule has 0 radical (unpaired) electrons. The summed E-state index contributed by atoms with van der Waals surface area (Å²) in [6.07, 6.45) is 2.78. The minimum absolute atomic E-state index is 0.100. The molecule has 0 bridgehead atoms. The second-order valence-corrected chi connectivity index (χ2v) is 3.80. The van der Waals surface area contributed by atoms with Crippen molar-refractivity contribution >= 4 is 5.91 Å². The summed E-state index contributed by atoms with van der Waals surface area (Å²) in [4.78, 5) is 11.3. The van der Waals surface area contributed by atoms with Crippen LogP contribution in [-0.2, 0) is 4.79 Å². The van der Waals surface area contributed by atoms with Crippen molar-refractivity contribution in [2.45, 2.75) is 43.9 Å². The number of carbonyl (C=O) groups excluding carboxylic acids is 1. The van der Waals surface area contributed by atoms with Crippen LogP contribution in [-0.4, -0.2) is 40.9 Å². The third kappa shape index (κ3) is 3.25. The van der Waals surface area contributed by atoms with Gasteiger partial charge in [0.2, 0.25) is 5.91 Å². The number of hydrogen-bond donors (Lipinski definition) is 4. The van der Waals surface area contributed by atoms with Crippen molar-refractivity contribution in [3.63, 3.8) is 0 Å². The number of nitrogens with two attached hydrogens (primary N) is 1. The fraction of sp³-hybridized carbons (Fsp3) is 0.889. The Kier molecular flexibility index (Phi) is 4.31. The molecule has 14 heavy (non-hydrogen) atoms. The summed E-state index contributed by atoms with van der Waals surface area (Å²) in [5.41, 5.74) is 5.35. The summed E-state index contributed by atoms with van der Waals surface area (Å²) < 4.78 is 0. The normalized spacial score (nSPS) is 29.6. The van der Waals surface area contributed by atoms with Gasteiger partial charge < -0.3 is 21.3 Å². The first-order valence-electron chi connectivity index (χ1n) is 4.98. The zero-order chi connectivity index (χ0) is 10.6. The largest absolute Gasteiger partial charge is 0.394 e. The lowest BCUT2D eigenvalue weighted by Crippen LogP contribution is -2.48. The molecule has 0 aliphatic heterocycles. The Morgan fingerprint density at radius 3 is 2.50 bits per heavy atom. The minimum Gasteiger partial charge on any atom is -0.394 e. The van der Waals surface area contributed by atoms with Crippen LogP contribution >= 0.6 is 0 Å². The maximum absolute atomic E-state index is 11.3. The zero-order valence-electron chi connectivity index (χ0n) is 8.15. The highest BCUT2D eigenvalue weighted by atomic mass is 16.3. The predicted molar refractivity (Wildman–Crippen MR) is 51.5 cm³/mol. The van der Waals surface area contributed by atoms with Gasteiger partial charge in [-0.05, 0) is 25.7 Å². The van der Waals surface area contributed by atoms with Gasteiger partial charge in [0.15, 0.2) is 0 Å². The molecule has 0 saturated heterocycles. The molecule has 5 heteroatoms. The lowest BCUT2D eigenvalue weighted by Gasteiger charge is -2.26. The smallest absolute Gasteiger partial charge is 0.239 e. The molecule has 1 aliphatic rings. The molecule has 1 rings (SSSR count). The van der Waals surface area contributed by atoms with Crippen molar-refractivity contribution in [3.05, 3.63) is 0 Å². The Bertz CT molecular complexity index is 190. The molecule has 82 valence electrons. The van der Waals surface area contributed by atoms with Gasteiger partial charge in [0.25, 0.3) is 0 Å². The van der Waals surface area contributed by atoms with Gasteiger partial charge in [0.05, 0.1) is 12.7 Å². The molecule has 1 atom stereocenters. The summed E-state index contributed by atoms with van der Waals surface area (Å²) in [6.45, 7) is -0.332. The molecule has 0 aromatic heterocycles. The van der Waals surface area contributed by atoms with Crippen LogP contribution in [0.4, 0.5) is 0 Å². The molecule has 1 aliphatic carbocycles. The van der Waals surface area contributed by atoms with E-state index in [1.54, 1.807) is 0 Å². The number of nitrogens with one attached hydrogen (secondary N) is 1. The number of hydrogen-bond acceptors (Lipinski definition) is 4. The first kappa shape index (κ1) is 11.4. The minimum atomic E-state index is -0.832. The zero-order valence-corrected chi connectivity index (χ0v) is 8.15. The standard InChI is InChI=1S/C9H18N2O3/c10-8(5-12)9(14)11-6-1-3-7(13)4-2-6/h6-8,12-13H,1-5,10H2,(H,11,14)/t6?,7?,8-/m1/s1. The number of aliphatic hydroxyl groups excluding tert-OH is 2. The Labute approximate surface area is 83.3 Å². The average molecular weight is 202 g/mol. The van der Waals surface area contributed by atoms with E-state index in [0.717, 1.165) is 25.7 Å². The highest BCUT2D eigenvalue weighted by molar-refractivity contribution is 5.81. The van der Waals surface area contributed by atoms with Crippen molar-refractivity contribution in [2.75, 3.05) is 6.61 Å². The van der Waals surface area contributed by atoms with E-state index in [1.807, 2.05) is 0 Å². The Hall–Kier alpha value is -0.650. The Morgan fingerprint density at radius 1 is 1.43 bits per heavy atom. The maximum Gasteiger partial charge on any atom is 0.239 e. The van der Waals surface area contributed by atoms with E-state index in [1.165, 1.54) is 0 Å². The summed E-state index contributed by atoms with van der Waals surface area (Å²) in [5.74, 6) is -0.311. The molecule has 0 aromatic rings. The van der Waals surface area contributed by atoms with Crippen molar-refractivity contribution < 1.29 is 15.0 Å². The van der Waals surface area contributed by atoms with Gasteiger partial charge in [-0.15, -0.1) is 0 Å². The monoisotopic (exact) mass is 202 g/mol. The van der Waals surface area contributed by atoms with Crippen LogP contribution in [0.2, 0.25) is 0 Å². The second-order valence-electron chi connectivity index (χ2n) is 3.80. The van der Waals surface area contributed by atoms with E-state index < -0.39 is 6.04 Å². The van der Waals surface area contributed by atoms with Gasteiger partial charge >= 0.3 is 0 Å². The van der Waals surface area contributed by atoms with Crippen molar-refractivity contribution in [2.24, 2.45) is 5.73 Å². The lowest BCUT2D eigenvalue weighted by atomic mass is 9.93. The molecule has 5 nitrogen and oxygen atoms in total. The molecule has 1 saturated carbocycles. The molecule has 0 unspecified atom stereocenters. The van der Waals surface area contributed by atoms with E-state index in [-0.39, 0.29) is 24.7 Å². The van der Waals surface area contributed by atoms with Gasteiger partial charge in [-0.3, -0.25) is 4.79 Å². The highest BCUT2D eigenvalue weighted by Crippen LogP contribution is 2.18. The van der Waals surface area contributed by atoms with E-state index in [0.29, 0.717) is 0 Å². The van der Waals surface area contributed by atoms with Gasteiger partial charge in [0, 0.05) is 6.04 Å². The van der Waals surface area contributed by atoms with Crippen molar-refractivity contribution in [3.8, 4) is 0 Å². The topological polar surface area (TPSA) is 95.6 Å². The first-order chi connectivity index (χ1) is 6.63. The molecule has 1 fully saturated rings. The number of aliphatic hydroxyl groups is 2. The summed E-state index contributed by atoms with van der Waals surface area (Å²) in [7, 11) is 0. The summed E-state index contributed by atoms with van der Waals surface area (Å²) in [5, 5.41) is 20.6. The van der Waals surface area contributed by atoms with Crippen molar-refractivity contribution in [1.82, 2.24) is 5.32 Å². The number of amides is 1.